The van der Waals surface area contributed by atoms with Gasteiger partial charge < -0.3 is 14.2 Å². The SMILES string of the molecule is Cn1cnc(N2CC[C@H](NS(C)(=O)=O)[C@H](OCC3CCC(c4ccccc4)CC3)C2)c1. The summed E-state index contributed by atoms with van der Waals surface area (Å²) in [6, 6.07) is 10.6. The average molecular weight is 447 g/mol. The summed E-state index contributed by atoms with van der Waals surface area (Å²) in [4.78, 5) is 6.65. The van der Waals surface area contributed by atoms with Crippen LogP contribution >= 0.6 is 0 Å². The van der Waals surface area contributed by atoms with E-state index in [4.69, 9.17) is 4.74 Å². The van der Waals surface area contributed by atoms with Crippen LogP contribution in [0.5, 0.6) is 0 Å². The van der Waals surface area contributed by atoms with Gasteiger partial charge in [-0.15, -0.1) is 0 Å². The first-order chi connectivity index (χ1) is 14.9. The number of anilines is 1. The Morgan fingerprint density at radius 3 is 2.52 bits per heavy atom. The minimum Gasteiger partial charge on any atom is -0.374 e. The average Bonchev–Trinajstić information content (AvgIpc) is 3.19. The Kier molecular flexibility index (Phi) is 6.99. The first-order valence-electron chi connectivity index (χ1n) is 11.2. The van der Waals surface area contributed by atoms with Crippen LogP contribution in [-0.2, 0) is 21.8 Å². The maximum atomic E-state index is 11.9. The van der Waals surface area contributed by atoms with Gasteiger partial charge in [-0.25, -0.2) is 18.1 Å². The summed E-state index contributed by atoms with van der Waals surface area (Å²) in [5.41, 5.74) is 1.44. The fourth-order valence-electron chi connectivity index (χ4n) is 4.91. The highest BCUT2D eigenvalue weighted by Gasteiger charge is 2.33. The molecule has 1 aliphatic heterocycles. The molecule has 2 atom stereocenters. The van der Waals surface area contributed by atoms with Crippen LogP contribution in [0.2, 0.25) is 0 Å². The molecular formula is C23H34N4O3S. The second-order valence-electron chi connectivity index (χ2n) is 9.13. The van der Waals surface area contributed by atoms with Gasteiger partial charge >= 0.3 is 0 Å². The highest BCUT2D eigenvalue weighted by Crippen LogP contribution is 2.36. The van der Waals surface area contributed by atoms with E-state index in [1.165, 1.54) is 24.7 Å². The Morgan fingerprint density at radius 1 is 1.13 bits per heavy atom. The smallest absolute Gasteiger partial charge is 0.209 e. The molecule has 31 heavy (non-hydrogen) atoms. The van der Waals surface area contributed by atoms with Crippen molar-refractivity contribution >= 4 is 15.8 Å². The highest BCUT2D eigenvalue weighted by atomic mass is 32.2. The number of rotatable bonds is 7. The van der Waals surface area contributed by atoms with E-state index in [2.05, 4.69) is 44.9 Å². The van der Waals surface area contributed by atoms with Crippen LogP contribution in [0.3, 0.4) is 0 Å². The van der Waals surface area contributed by atoms with Crippen molar-refractivity contribution in [3.63, 3.8) is 0 Å². The molecule has 2 aliphatic rings. The molecule has 1 aromatic heterocycles. The topological polar surface area (TPSA) is 76.5 Å². The van der Waals surface area contributed by atoms with Gasteiger partial charge in [0.2, 0.25) is 10.0 Å². The minimum absolute atomic E-state index is 0.183. The van der Waals surface area contributed by atoms with Crippen molar-refractivity contribution in [2.45, 2.75) is 50.2 Å². The summed E-state index contributed by atoms with van der Waals surface area (Å²) < 4.78 is 34.9. The van der Waals surface area contributed by atoms with Crippen molar-refractivity contribution in [2.24, 2.45) is 13.0 Å². The number of benzene rings is 1. The molecule has 2 heterocycles. The van der Waals surface area contributed by atoms with E-state index >= 15 is 0 Å². The van der Waals surface area contributed by atoms with Gasteiger partial charge in [-0.1, -0.05) is 30.3 Å². The minimum atomic E-state index is -3.28. The number of nitrogens with zero attached hydrogens (tertiary/aromatic N) is 3. The van der Waals surface area contributed by atoms with Gasteiger partial charge in [0, 0.05) is 32.9 Å². The highest BCUT2D eigenvalue weighted by molar-refractivity contribution is 7.88. The molecule has 1 saturated carbocycles. The maximum absolute atomic E-state index is 11.9. The number of hydrogen-bond donors (Lipinski definition) is 1. The summed E-state index contributed by atoms with van der Waals surface area (Å²) >= 11 is 0. The molecule has 0 radical (unpaired) electrons. The molecule has 2 fully saturated rings. The zero-order valence-corrected chi connectivity index (χ0v) is 19.3. The van der Waals surface area contributed by atoms with Crippen molar-refractivity contribution in [1.82, 2.24) is 14.3 Å². The molecule has 1 aliphatic carbocycles. The van der Waals surface area contributed by atoms with Gasteiger partial charge in [0.25, 0.3) is 0 Å². The lowest BCUT2D eigenvalue weighted by Crippen LogP contribution is -2.55. The lowest BCUT2D eigenvalue weighted by Gasteiger charge is -2.39. The number of sulfonamides is 1. The number of ether oxygens (including phenoxy) is 1. The third-order valence-corrected chi connectivity index (χ3v) is 7.33. The molecule has 1 aromatic carbocycles. The quantitative estimate of drug-likeness (QED) is 0.708. The van der Waals surface area contributed by atoms with E-state index < -0.39 is 10.0 Å². The van der Waals surface area contributed by atoms with Crippen LogP contribution in [0.1, 0.15) is 43.6 Å². The van der Waals surface area contributed by atoms with Gasteiger partial charge in [0.15, 0.2) is 0 Å². The second kappa shape index (κ2) is 9.71. The second-order valence-corrected chi connectivity index (χ2v) is 10.9. The standard InChI is InChI=1S/C23H34N4O3S/c1-26-15-23(24-17-26)27-13-12-21(25-31(2,28)29)22(14-27)30-16-18-8-10-20(11-9-18)19-6-4-3-5-7-19/h3-7,15,17-18,20-22,25H,8-14,16H2,1-2H3/t18?,20?,21-,22+/m0/s1. The van der Waals surface area contributed by atoms with E-state index in [9.17, 15) is 8.42 Å². The Balaban J connectivity index is 1.34. The molecule has 8 heteroatoms. The number of imidazole rings is 1. The number of aromatic nitrogens is 2. The van der Waals surface area contributed by atoms with Crippen LogP contribution < -0.4 is 9.62 Å². The fourth-order valence-corrected chi connectivity index (χ4v) is 5.73. The van der Waals surface area contributed by atoms with Crippen molar-refractivity contribution in [3.8, 4) is 0 Å². The van der Waals surface area contributed by atoms with Gasteiger partial charge in [0.1, 0.15) is 5.82 Å². The first kappa shape index (κ1) is 22.3. The summed E-state index contributed by atoms with van der Waals surface area (Å²) in [5, 5.41) is 0. The molecule has 0 unspecified atom stereocenters. The van der Waals surface area contributed by atoms with Crippen LogP contribution in [-0.4, -0.2) is 56.1 Å². The third kappa shape index (κ3) is 6.08. The molecule has 0 amide bonds. The maximum Gasteiger partial charge on any atom is 0.209 e. The monoisotopic (exact) mass is 446 g/mol. The van der Waals surface area contributed by atoms with Crippen molar-refractivity contribution in [1.29, 1.82) is 0 Å². The summed E-state index contributed by atoms with van der Waals surface area (Å²) in [7, 11) is -1.33. The lowest BCUT2D eigenvalue weighted by molar-refractivity contribution is -0.00127. The first-order valence-corrected chi connectivity index (χ1v) is 13.1. The Morgan fingerprint density at radius 2 is 1.87 bits per heavy atom. The van der Waals surface area contributed by atoms with Gasteiger partial charge in [-0.2, -0.15) is 0 Å². The van der Waals surface area contributed by atoms with Crippen LogP contribution in [0, 0.1) is 5.92 Å². The zero-order chi connectivity index (χ0) is 21.8. The Hall–Kier alpha value is -1.90. The molecule has 0 spiro atoms. The number of nitrogens with one attached hydrogen (secondary N) is 1. The van der Waals surface area contributed by atoms with E-state index in [1.54, 1.807) is 6.33 Å². The summed E-state index contributed by atoms with van der Waals surface area (Å²) in [6.45, 7) is 2.08. The predicted octanol–water partition coefficient (Wildman–Crippen LogP) is 2.91. The molecule has 4 rings (SSSR count). The van der Waals surface area contributed by atoms with Gasteiger partial charge in [0.05, 0.1) is 24.7 Å². The van der Waals surface area contributed by atoms with E-state index in [0.717, 1.165) is 25.2 Å². The molecule has 1 N–H and O–H groups in total. The van der Waals surface area contributed by atoms with E-state index in [1.807, 2.05) is 17.8 Å². The van der Waals surface area contributed by atoms with Gasteiger partial charge in [-0.3, -0.25) is 0 Å². The summed E-state index contributed by atoms with van der Waals surface area (Å²) in [6.07, 6.45) is 10.2. The molecule has 170 valence electrons. The molecular weight excluding hydrogens is 412 g/mol. The fraction of sp³-hybridized carbons (Fsp3) is 0.609. The molecule has 0 bridgehead atoms. The summed E-state index contributed by atoms with van der Waals surface area (Å²) in [5.74, 6) is 2.09. The number of hydrogen-bond acceptors (Lipinski definition) is 5. The van der Waals surface area contributed by atoms with Crippen molar-refractivity contribution in [2.75, 3.05) is 30.9 Å². The van der Waals surface area contributed by atoms with Crippen LogP contribution in [0.25, 0.3) is 0 Å². The molecule has 7 nitrogen and oxygen atoms in total. The van der Waals surface area contributed by atoms with Gasteiger partial charge in [-0.05, 0) is 49.5 Å². The van der Waals surface area contributed by atoms with E-state index in [0.29, 0.717) is 31.4 Å². The lowest BCUT2D eigenvalue weighted by atomic mass is 9.79. The third-order valence-electron chi connectivity index (χ3n) is 6.60. The normalized spacial score (nSPS) is 27.4. The largest absolute Gasteiger partial charge is 0.374 e. The Labute approximate surface area is 185 Å². The van der Waals surface area contributed by atoms with Crippen molar-refractivity contribution in [3.05, 3.63) is 48.4 Å². The van der Waals surface area contributed by atoms with Crippen molar-refractivity contribution < 1.29 is 13.2 Å². The number of piperidine rings is 1. The van der Waals surface area contributed by atoms with Crippen LogP contribution in [0.4, 0.5) is 5.82 Å². The molecule has 2 aromatic rings. The number of aryl methyl sites for hydroxylation is 1. The van der Waals surface area contributed by atoms with E-state index in [-0.39, 0.29) is 12.1 Å². The predicted molar refractivity (Wildman–Crippen MR) is 123 cm³/mol. The van der Waals surface area contributed by atoms with Crippen LogP contribution in [0.15, 0.2) is 42.9 Å². The Bertz CT molecular complexity index is 939. The molecule has 1 saturated heterocycles. The zero-order valence-electron chi connectivity index (χ0n) is 18.5.